The third-order valence-electron chi connectivity index (χ3n) is 4.14. The summed E-state index contributed by atoms with van der Waals surface area (Å²) in [6.07, 6.45) is -0.320. The Morgan fingerprint density at radius 1 is 1.22 bits per heavy atom. The SMILES string of the molecule is OCC1=NNC(Cn2ncc3ncc(-c4ccc(F)c(C(F)F)c4)cc32)O1. The molecular weight excluding hydrogens is 363 g/mol. The molecule has 0 bridgehead atoms. The largest absolute Gasteiger partial charge is 0.451 e. The number of hydrazone groups is 1. The number of fused-ring (bicyclic) bond motifs is 1. The molecule has 4 rings (SSSR count). The first kappa shape index (κ1) is 17.3. The minimum atomic E-state index is -2.90. The monoisotopic (exact) mass is 377 g/mol. The highest BCUT2D eigenvalue weighted by atomic mass is 19.3. The van der Waals surface area contributed by atoms with Gasteiger partial charge in [-0.05, 0) is 23.8 Å². The van der Waals surface area contributed by atoms with Gasteiger partial charge >= 0.3 is 0 Å². The van der Waals surface area contributed by atoms with Crippen molar-refractivity contribution < 1.29 is 23.0 Å². The molecule has 1 aliphatic heterocycles. The molecule has 1 atom stereocenters. The van der Waals surface area contributed by atoms with E-state index in [9.17, 15) is 13.2 Å². The lowest BCUT2D eigenvalue weighted by Gasteiger charge is -2.12. The Morgan fingerprint density at radius 3 is 2.81 bits per heavy atom. The Morgan fingerprint density at radius 2 is 2.07 bits per heavy atom. The third kappa shape index (κ3) is 3.31. The molecule has 2 aromatic heterocycles. The average molecular weight is 377 g/mol. The predicted molar refractivity (Wildman–Crippen MR) is 90.4 cm³/mol. The van der Waals surface area contributed by atoms with Crippen LogP contribution in [0.1, 0.15) is 12.0 Å². The van der Waals surface area contributed by atoms with Crippen LogP contribution < -0.4 is 5.43 Å². The van der Waals surface area contributed by atoms with Gasteiger partial charge in [-0.1, -0.05) is 6.07 Å². The molecule has 0 saturated carbocycles. The topological polar surface area (TPSA) is 84.6 Å². The molecule has 3 aromatic rings. The highest BCUT2D eigenvalue weighted by Gasteiger charge is 2.20. The molecule has 1 unspecified atom stereocenters. The lowest BCUT2D eigenvalue weighted by molar-refractivity contribution is 0.146. The summed E-state index contributed by atoms with van der Waals surface area (Å²) >= 11 is 0. The summed E-state index contributed by atoms with van der Waals surface area (Å²) in [7, 11) is 0. The third-order valence-corrected chi connectivity index (χ3v) is 4.14. The summed E-state index contributed by atoms with van der Waals surface area (Å²) in [5, 5.41) is 17.1. The van der Waals surface area contributed by atoms with Crippen LogP contribution in [-0.2, 0) is 11.3 Å². The predicted octanol–water partition coefficient (Wildman–Crippen LogP) is 2.43. The van der Waals surface area contributed by atoms with Crippen molar-refractivity contribution in [3.63, 3.8) is 0 Å². The van der Waals surface area contributed by atoms with Gasteiger partial charge in [-0.2, -0.15) is 5.10 Å². The normalized spacial score (nSPS) is 16.5. The minimum absolute atomic E-state index is 0.182. The van der Waals surface area contributed by atoms with E-state index < -0.39 is 24.0 Å². The summed E-state index contributed by atoms with van der Waals surface area (Å²) in [5.41, 5.74) is 4.32. The number of halogens is 3. The van der Waals surface area contributed by atoms with E-state index in [4.69, 9.17) is 9.84 Å². The molecule has 2 N–H and O–H groups in total. The molecule has 0 radical (unpaired) electrons. The Hall–Kier alpha value is -3.14. The Kier molecular flexibility index (Phi) is 4.40. The molecule has 0 amide bonds. The molecule has 1 aromatic carbocycles. The summed E-state index contributed by atoms with van der Waals surface area (Å²) in [6, 6.07) is 5.29. The molecule has 0 saturated heterocycles. The summed E-state index contributed by atoms with van der Waals surface area (Å²) < 4.78 is 46.5. The van der Waals surface area contributed by atoms with E-state index in [1.807, 2.05) is 0 Å². The van der Waals surface area contributed by atoms with Crippen LogP contribution in [0.4, 0.5) is 13.2 Å². The number of aliphatic hydroxyl groups excluding tert-OH is 1. The highest BCUT2D eigenvalue weighted by Crippen LogP contribution is 2.29. The zero-order valence-electron chi connectivity index (χ0n) is 13.8. The molecule has 0 spiro atoms. The van der Waals surface area contributed by atoms with E-state index >= 15 is 0 Å². The van der Waals surface area contributed by atoms with E-state index in [0.29, 0.717) is 22.2 Å². The van der Waals surface area contributed by atoms with Gasteiger partial charge in [0, 0.05) is 11.8 Å². The molecule has 10 heteroatoms. The van der Waals surface area contributed by atoms with Crippen LogP contribution in [0.5, 0.6) is 0 Å². The van der Waals surface area contributed by atoms with Gasteiger partial charge < -0.3 is 9.84 Å². The molecule has 0 fully saturated rings. The fourth-order valence-electron chi connectivity index (χ4n) is 2.82. The summed E-state index contributed by atoms with van der Waals surface area (Å²) in [6.45, 7) is -0.0283. The first-order valence-electron chi connectivity index (χ1n) is 8.04. The highest BCUT2D eigenvalue weighted by molar-refractivity contribution is 5.80. The van der Waals surface area contributed by atoms with Gasteiger partial charge in [0.15, 0.2) is 0 Å². The number of hydrogen-bond acceptors (Lipinski definition) is 6. The van der Waals surface area contributed by atoms with Crippen molar-refractivity contribution in [2.24, 2.45) is 5.10 Å². The van der Waals surface area contributed by atoms with Gasteiger partial charge in [0.05, 0.1) is 23.8 Å². The van der Waals surface area contributed by atoms with E-state index in [2.05, 4.69) is 20.6 Å². The lowest BCUT2D eigenvalue weighted by atomic mass is 10.0. The van der Waals surface area contributed by atoms with Crippen molar-refractivity contribution in [1.29, 1.82) is 0 Å². The zero-order valence-corrected chi connectivity index (χ0v) is 13.8. The molecule has 3 heterocycles. The summed E-state index contributed by atoms with van der Waals surface area (Å²) in [5.74, 6) is -0.766. The second kappa shape index (κ2) is 6.88. The van der Waals surface area contributed by atoms with Crippen LogP contribution >= 0.6 is 0 Å². The van der Waals surface area contributed by atoms with E-state index in [1.165, 1.54) is 12.3 Å². The van der Waals surface area contributed by atoms with E-state index in [-0.39, 0.29) is 19.0 Å². The van der Waals surface area contributed by atoms with Crippen LogP contribution in [0, 0.1) is 5.82 Å². The molecule has 7 nitrogen and oxygen atoms in total. The van der Waals surface area contributed by atoms with Crippen molar-refractivity contribution >= 4 is 16.9 Å². The van der Waals surface area contributed by atoms with Crippen LogP contribution in [0.2, 0.25) is 0 Å². The maximum Gasteiger partial charge on any atom is 0.266 e. The van der Waals surface area contributed by atoms with Crippen LogP contribution in [-0.4, -0.2) is 38.6 Å². The number of alkyl halides is 2. The first-order valence-corrected chi connectivity index (χ1v) is 8.04. The number of hydrogen-bond donors (Lipinski definition) is 2. The average Bonchev–Trinajstić information content (AvgIpc) is 3.29. The Bertz CT molecular complexity index is 1020. The van der Waals surface area contributed by atoms with Crippen molar-refractivity contribution in [2.75, 3.05) is 6.61 Å². The lowest BCUT2D eigenvalue weighted by Crippen LogP contribution is -2.28. The van der Waals surface area contributed by atoms with Crippen molar-refractivity contribution in [1.82, 2.24) is 20.2 Å². The second-order valence-corrected chi connectivity index (χ2v) is 5.89. The molecular formula is C17H14F3N5O2. The minimum Gasteiger partial charge on any atom is -0.451 e. The van der Waals surface area contributed by atoms with Crippen LogP contribution in [0.3, 0.4) is 0 Å². The maximum atomic E-state index is 13.5. The number of nitrogens with zero attached hydrogens (tertiary/aromatic N) is 4. The van der Waals surface area contributed by atoms with Gasteiger partial charge in [-0.3, -0.25) is 15.1 Å². The number of rotatable bonds is 5. The second-order valence-electron chi connectivity index (χ2n) is 5.89. The maximum absolute atomic E-state index is 13.5. The zero-order chi connectivity index (χ0) is 19.0. The standard InChI is InChI=1S/C17H14F3N5O2/c18-12-2-1-9(3-11(12)17(19)20)10-4-14-13(21-5-10)6-22-25(14)7-15-23-24-16(8-26)27-15/h1-6,15,17,23,26H,7-8H2. The fraction of sp³-hybridized carbons (Fsp3) is 0.235. The smallest absolute Gasteiger partial charge is 0.266 e. The van der Waals surface area contributed by atoms with Gasteiger partial charge in [0.2, 0.25) is 12.1 Å². The number of aliphatic hydroxyl groups is 1. The number of ether oxygens (including phenoxy) is 1. The van der Waals surface area contributed by atoms with Gasteiger partial charge in [0.25, 0.3) is 6.43 Å². The van der Waals surface area contributed by atoms with Gasteiger partial charge in [-0.15, -0.1) is 5.10 Å². The van der Waals surface area contributed by atoms with E-state index in [0.717, 1.165) is 12.1 Å². The van der Waals surface area contributed by atoms with E-state index in [1.54, 1.807) is 16.9 Å². The number of aromatic nitrogens is 3. The Balaban J connectivity index is 1.65. The Labute approximate surface area is 151 Å². The fourth-order valence-corrected chi connectivity index (χ4v) is 2.82. The number of pyridine rings is 1. The summed E-state index contributed by atoms with van der Waals surface area (Å²) in [4.78, 5) is 4.29. The van der Waals surface area contributed by atoms with Crippen molar-refractivity contribution in [2.45, 2.75) is 19.2 Å². The van der Waals surface area contributed by atoms with Crippen molar-refractivity contribution in [3.05, 3.63) is 48.0 Å². The van der Waals surface area contributed by atoms with Crippen molar-refractivity contribution in [3.8, 4) is 11.1 Å². The molecule has 140 valence electrons. The van der Waals surface area contributed by atoms with Gasteiger partial charge in [0.1, 0.15) is 17.9 Å². The van der Waals surface area contributed by atoms with Crippen LogP contribution in [0.25, 0.3) is 22.2 Å². The first-order chi connectivity index (χ1) is 13.0. The van der Waals surface area contributed by atoms with Crippen LogP contribution in [0.15, 0.2) is 41.8 Å². The number of benzene rings is 1. The number of nitrogens with one attached hydrogen (secondary N) is 1. The molecule has 1 aliphatic rings. The molecule has 0 aliphatic carbocycles. The molecule has 27 heavy (non-hydrogen) atoms. The van der Waals surface area contributed by atoms with Gasteiger partial charge in [-0.25, -0.2) is 13.2 Å². The quantitative estimate of drug-likeness (QED) is 0.714.